The third-order valence-corrected chi connectivity index (χ3v) is 5.46. The predicted molar refractivity (Wildman–Crippen MR) is 119 cm³/mol. The van der Waals surface area contributed by atoms with Crippen molar-refractivity contribution in [3.63, 3.8) is 0 Å². The highest BCUT2D eigenvalue weighted by molar-refractivity contribution is 5.76. The third-order valence-electron chi connectivity index (χ3n) is 5.46. The highest BCUT2D eigenvalue weighted by atomic mass is 15.2. The number of imidazole rings is 1. The van der Waals surface area contributed by atoms with Crippen molar-refractivity contribution in [3.8, 4) is 23.1 Å². The molecule has 0 spiro atoms. The lowest BCUT2D eigenvalue weighted by Crippen LogP contribution is -2.16. The molecule has 5 rings (SSSR count). The van der Waals surface area contributed by atoms with Crippen LogP contribution in [0, 0.1) is 18.8 Å². The number of aryl methyl sites for hydroxylation is 1. The molecule has 4 aromatic rings. The van der Waals surface area contributed by atoms with E-state index in [1.807, 2.05) is 53.9 Å². The number of hydrogen-bond donors (Lipinski definition) is 1. The Labute approximate surface area is 176 Å². The van der Waals surface area contributed by atoms with E-state index in [1.54, 1.807) is 6.20 Å². The molecular weight excluding hydrogens is 370 g/mol. The summed E-state index contributed by atoms with van der Waals surface area (Å²) in [6, 6.07) is 16.5. The van der Waals surface area contributed by atoms with E-state index in [9.17, 15) is 0 Å². The number of pyridine rings is 1. The maximum atomic E-state index is 4.82. The van der Waals surface area contributed by atoms with Crippen LogP contribution >= 0.6 is 0 Å². The Morgan fingerprint density at radius 2 is 1.87 bits per heavy atom. The van der Waals surface area contributed by atoms with Gasteiger partial charge < -0.3 is 5.32 Å². The monoisotopic (exact) mass is 393 g/mol. The normalized spacial score (nSPS) is 13.9. The summed E-state index contributed by atoms with van der Waals surface area (Å²) in [4.78, 5) is 13.7. The Bertz CT molecular complexity index is 1260. The maximum absolute atomic E-state index is 4.82. The van der Waals surface area contributed by atoms with Crippen molar-refractivity contribution in [2.24, 2.45) is 0 Å². The molecule has 0 bridgehead atoms. The standard InChI is InChI=1S/C25H23N5/c1-18-7-4-12-22(27-18)14-13-19-8-5-9-20(17-19)23-24(28-21-10-2-3-11-21)30-16-6-15-26-25(30)29-23/h4-9,12,15-17,21,28H,2-3,10-11H2,1H3. The van der Waals surface area contributed by atoms with E-state index in [1.165, 1.54) is 25.7 Å². The third kappa shape index (κ3) is 3.77. The van der Waals surface area contributed by atoms with E-state index in [0.29, 0.717) is 11.8 Å². The lowest BCUT2D eigenvalue weighted by molar-refractivity contribution is 0.749. The molecule has 30 heavy (non-hydrogen) atoms. The van der Waals surface area contributed by atoms with E-state index in [4.69, 9.17) is 4.98 Å². The molecule has 1 N–H and O–H groups in total. The summed E-state index contributed by atoms with van der Waals surface area (Å²) in [6.07, 6.45) is 8.75. The molecule has 1 fully saturated rings. The molecule has 0 unspecified atom stereocenters. The molecule has 0 radical (unpaired) electrons. The number of rotatable bonds is 3. The highest BCUT2D eigenvalue weighted by Crippen LogP contribution is 2.31. The van der Waals surface area contributed by atoms with Crippen LogP contribution in [0.2, 0.25) is 0 Å². The summed E-state index contributed by atoms with van der Waals surface area (Å²) in [5, 5.41) is 3.73. The van der Waals surface area contributed by atoms with Crippen LogP contribution in [-0.2, 0) is 0 Å². The minimum atomic E-state index is 0.485. The molecule has 0 aliphatic heterocycles. The molecule has 1 saturated carbocycles. The maximum Gasteiger partial charge on any atom is 0.235 e. The van der Waals surface area contributed by atoms with Crippen LogP contribution in [0.3, 0.4) is 0 Å². The Hall–Kier alpha value is -3.65. The van der Waals surface area contributed by atoms with Crippen LogP contribution in [-0.4, -0.2) is 25.4 Å². The first-order valence-electron chi connectivity index (χ1n) is 10.4. The van der Waals surface area contributed by atoms with Gasteiger partial charge in [0.15, 0.2) is 0 Å². The topological polar surface area (TPSA) is 55.1 Å². The van der Waals surface area contributed by atoms with Crippen molar-refractivity contribution in [3.05, 3.63) is 77.9 Å². The summed E-state index contributed by atoms with van der Waals surface area (Å²) < 4.78 is 2.04. The van der Waals surface area contributed by atoms with Crippen LogP contribution in [0.1, 0.15) is 42.6 Å². The molecule has 0 saturated heterocycles. The van der Waals surface area contributed by atoms with Crippen molar-refractivity contribution in [1.82, 2.24) is 19.4 Å². The summed E-state index contributed by atoms with van der Waals surface area (Å²) in [5.74, 6) is 8.12. The second-order valence-electron chi connectivity index (χ2n) is 7.72. The molecule has 3 heterocycles. The van der Waals surface area contributed by atoms with Gasteiger partial charge >= 0.3 is 0 Å². The first-order chi connectivity index (χ1) is 14.8. The van der Waals surface area contributed by atoms with Crippen LogP contribution in [0.5, 0.6) is 0 Å². The Balaban J connectivity index is 1.53. The fraction of sp³-hybridized carbons (Fsp3) is 0.240. The first kappa shape index (κ1) is 18.4. The van der Waals surface area contributed by atoms with Gasteiger partial charge in [-0.1, -0.05) is 37.0 Å². The number of benzene rings is 1. The van der Waals surface area contributed by atoms with Crippen molar-refractivity contribution >= 4 is 11.6 Å². The summed E-state index contributed by atoms with van der Waals surface area (Å²) in [6.45, 7) is 1.97. The summed E-state index contributed by atoms with van der Waals surface area (Å²) >= 11 is 0. The molecule has 1 aliphatic rings. The van der Waals surface area contributed by atoms with Crippen LogP contribution in [0.4, 0.5) is 5.82 Å². The number of fused-ring (bicyclic) bond motifs is 1. The van der Waals surface area contributed by atoms with Gasteiger partial charge in [0, 0.05) is 35.3 Å². The minimum Gasteiger partial charge on any atom is -0.367 e. The smallest absolute Gasteiger partial charge is 0.235 e. The van der Waals surface area contributed by atoms with Gasteiger partial charge in [-0.3, -0.25) is 4.40 Å². The van der Waals surface area contributed by atoms with Crippen molar-refractivity contribution in [2.75, 3.05) is 5.32 Å². The zero-order valence-electron chi connectivity index (χ0n) is 17.0. The molecule has 5 nitrogen and oxygen atoms in total. The highest BCUT2D eigenvalue weighted by Gasteiger charge is 2.20. The largest absolute Gasteiger partial charge is 0.367 e. The molecule has 1 aromatic carbocycles. The van der Waals surface area contributed by atoms with Crippen LogP contribution in [0.25, 0.3) is 17.0 Å². The average molecular weight is 393 g/mol. The fourth-order valence-electron chi connectivity index (χ4n) is 3.98. The Morgan fingerprint density at radius 3 is 2.73 bits per heavy atom. The number of hydrogen-bond acceptors (Lipinski definition) is 4. The van der Waals surface area contributed by atoms with Gasteiger partial charge in [-0.2, -0.15) is 0 Å². The van der Waals surface area contributed by atoms with Gasteiger partial charge in [-0.25, -0.2) is 15.0 Å². The number of aromatic nitrogens is 4. The lowest BCUT2D eigenvalue weighted by atomic mass is 10.1. The molecule has 0 amide bonds. The Morgan fingerprint density at radius 1 is 1.00 bits per heavy atom. The lowest BCUT2D eigenvalue weighted by Gasteiger charge is -2.14. The van der Waals surface area contributed by atoms with E-state index in [0.717, 1.165) is 34.0 Å². The molecule has 5 heteroatoms. The number of nitrogens with zero attached hydrogens (tertiary/aromatic N) is 4. The quantitative estimate of drug-likeness (QED) is 0.505. The second-order valence-corrected chi connectivity index (χ2v) is 7.72. The molecule has 0 atom stereocenters. The van der Waals surface area contributed by atoms with E-state index in [-0.39, 0.29) is 0 Å². The zero-order valence-corrected chi connectivity index (χ0v) is 17.0. The first-order valence-corrected chi connectivity index (χ1v) is 10.4. The summed E-state index contributed by atoms with van der Waals surface area (Å²) in [5.41, 5.74) is 4.63. The SMILES string of the molecule is Cc1cccc(C#Cc2cccc(-c3nc4ncccn4c3NC3CCCC3)c2)n1. The van der Waals surface area contributed by atoms with Gasteiger partial charge in [0.05, 0.1) is 0 Å². The number of nitrogens with one attached hydrogen (secondary N) is 1. The molecule has 3 aromatic heterocycles. The minimum absolute atomic E-state index is 0.485. The Kier molecular flexibility index (Phi) is 4.90. The van der Waals surface area contributed by atoms with E-state index in [2.05, 4.69) is 39.3 Å². The van der Waals surface area contributed by atoms with Crippen LogP contribution in [0.15, 0.2) is 60.9 Å². The predicted octanol–water partition coefficient (Wildman–Crippen LogP) is 4.85. The van der Waals surface area contributed by atoms with Gasteiger partial charge in [-0.15, -0.1) is 0 Å². The van der Waals surface area contributed by atoms with E-state index >= 15 is 0 Å². The molecule has 148 valence electrons. The van der Waals surface area contributed by atoms with Gasteiger partial charge in [0.2, 0.25) is 5.78 Å². The van der Waals surface area contributed by atoms with Crippen molar-refractivity contribution in [1.29, 1.82) is 0 Å². The van der Waals surface area contributed by atoms with E-state index < -0.39 is 0 Å². The van der Waals surface area contributed by atoms with Gasteiger partial charge in [-0.05, 0) is 56.0 Å². The van der Waals surface area contributed by atoms with Crippen molar-refractivity contribution in [2.45, 2.75) is 38.6 Å². The van der Waals surface area contributed by atoms with Gasteiger partial charge in [0.1, 0.15) is 17.2 Å². The molecule has 1 aliphatic carbocycles. The second kappa shape index (κ2) is 8.00. The number of anilines is 1. The van der Waals surface area contributed by atoms with Crippen molar-refractivity contribution < 1.29 is 0 Å². The van der Waals surface area contributed by atoms with Crippen LogP contribution < -0.4 is 5.32 Å². The van der Waals surface area contributed by atoms with Gasteiger partial charge in [0.25, 0.3) is 0 Å². The fourth-order valence-corrected chi connectivity index (χ4v) is 3.98. The summed E-state index contributed by atoms with van der Waals surface area (Å²) in [7, 11) is 0. The molecular formula is C25H23N5. The average Bonchev–Trinajstić information content (AvgIpc) is 3.41. The zero-order chi connectivity index (χ0) is 20.3.